The second kappa shape index (κ2) is 4.41. The first-order valence-electron chi connectivity index (χ1n) is 6.30. The molecular formula is C14H18O3. The van der Waals surface area contributed by atoms with Gasteiger partial charge in [0.25, 0.3) is 0 Å². The summed E-state index contributed by atoms with van der Waals surface area (Å²) < 4.78 is 11.5. The molecule has 1 aromatic carbocycles. The van der Waals surface area contributed by atoms with E-state index >= 15 is 0 Å². The molecule has 2 atom stereocenters. The summed E-state index contributed by atoms with van der Waals surface area (Å²) in [6.45, 7) is 1.36. The molecule has 1 aliphatic heterocycles. The van der Waals surface area contributed by atoms with Crippen molar-refractivity contribution in [3.05, 3.63) is 35.9 Å². The van der Waals surface area contributed by atoms with Gasteiger partial charge in [-0.1, -0.05) is 30.3 Å². The molecular weight excluding hydrogens is 216 g/mol. The summed E-state index contributed by atoms with van der Waals surface area (Å²) in [4.78, 5) is 0. The first-order chi connectivity index (χ1) is 8.29. The minimum absolute atomic E-state index is 0.128. The second-order valence-electron chi connectivity index (χ2n) is 4.93. The van der Waals surface area contributed by atoms with E-state index in [4.69, 9.17) is 9.47 Å². The van der Waals surface area contributed by atoms with Crippen LogP contribution in [-0.2, 0) is 9.47 Å². The van der Waals surface area contributed by atoms with Gasteiger partial charge >= 0.3 is 0 Å². The van der Waals surface area contributed by atoms with E-state index in [0.717, 1.165) is 19.3 Å². The SMILES string of the molecule is O[C@H]1CCC2(C[C@H]1c1ccccc1)OCCO2. The molecule has 1 aromatic rings. The molecule has 0 aromatic heterocycles. The zero-order chi connectivity index (χ0) is 11.7. The van der Waals surface area contributed by atoms with Gasteiger partial charge in [0, 0.05) is 18.8 Å². The Morgan fingerprint density at radius 2 is 1.82 bits per heavy atom. The normalized spacial score (nSPS) is 31.8. The highest BCUT2D eigenvalue weighted by Crippen LogP contribution is 2.43. The van der Waals surface area contributed by atoms with Crippen LogP contribution in [0.2, 0.25) is 0 Å². The molecule has 1 aliphatic carbocycles. The number of ether oxygens (including phenoxy) is 2. The van der Waals surface area contributed by atoms with Crippen molar-refractivity contribution >= 4 is 0 Å². The molecule has 0 radical (unpaired) electrons. The monoisotopic (exact) mass is 234 g/mol. The van der Waals surface area contributed by atoms with E-state index in [1.54, 1.807) is 0 Å². The fraction of sp³-hybridized carbons (Fsp3) is 0.571. The van der Waals surface area contributed by atoms with Crippen molar-refractivity contribution in [3.63, 3.8) is 0 Å². The lowest BCUT2D eigenvalue weighted by Crippen LogP contribution is -2.41. The molecule has 0 amide bonds. The fourth-order valence-corrected chi connectivity index (χ4v) is 2.94. The van der Waals surface area contributed by atoms with Crippen molar-refractivity contribution < 1.29 is 14.6 Å². The zero-order valence-corrected chi connectivity index (χ0v) is 9.84. The Kier molecular flexibility index (Phi) is 2.90. The number of aliphatic hydroxyl groups is 1. The summed E-state index contributed by atoms with van der Waals surface area (Å²) in [5.41, 5.74) is 1.18. The van der Waals surface area contributed by atoms with E-state index < -0.39 is 5.79 Å². The molecule has 3 rings (SSSR count). The van der Waals surface area contributed by atoms with Crippen LogP contribution in [0.3, 0.4) is 0 Å². The van der Waals surface area contributed by atoms with Crippen LogP contribution in [0.1, 0.15) is 30.7 Å². The predicted octanol–water partition coefficient (Wildman–Crippen LogP) is 2.06. The Hall–Kier alpha value is -0.900. The Balaban J connectivity index is 1.83. The molecule has 1 spiro atoms. The maximum absolute atomic E-state index is 10.2. The van der Waals surface area contributed by atoms with Gasteiger partial charge in [-0.15, -0.1) is 0 Å². The number of rotatable bonds is 1. The van der Waals surface area contributed by atoms with E-state index in [9.17, 15) is 5.11 Å². The third-order valence-corrected chi connectivity index (χ3v) is 3.86. The molecule has 0 bridgehead atoms. The molecule has 17 heavy (non-hydrogen) atoms. The molecule has 3 nitrogen and oxygen atoms in total. The van der Waals surface area contributed by atoms with Gasteiger partial charge in [0.2, 0.25) is 0 Å². The van der Waals surface area contributed by atoms with Crippen molar-refractivity contribution in [2.75, 3.05) is 13.2 Å². The van der Waals surface area contributed by atoms with Crippen molar-refractivity contribution in [2.24, 2.45) is 0 Å². The Morgan fingerprint density at radius 1 is 1.12 bits per heavy atom. The van der Waals surface area contributed by atoms with Gasteiger partial charge in [0.1, 0.15) is 0 Å². The van der Waals surface area contributed by atoms with Crippen LogP contribution in [0.5, 0.6) is 0 Å². The van der Waals surface area contributed by atoms with Gasteiger partial charge in [-0.05, 0) is 12.0 Å². The summed E-state index contributed by atoms with van der Waals surface area (Å²) >= 11 is 0. The quantitative estimate of drug-likeness (QED) is 0.808. The number of hydrogen-bond acceptors (Lipinski definition) is 3. The lowest BCUT2D eigenvalue weighted by atomic mass is 9.78. The fourth-order valence-electron chi connectivity index (χ4n) is 2.94. The highest BCUT2D eigenvalue weighted by Gasteiger charge is 2.44. The van der Waals surface area contributed by atoms with Gasteiger partial charge < -0.3 is 14.6 Å². The summed E-state index contributed by atoms with van der Waals surface area (Å²) in [5, 5.41) is 10.2. The largest absolute Gasteiger partial charge is 0.392 e. The number of hydrogen-bond donors (Lipinski definition) is 1. The first kappa shape index (κ1) is 11.2. The van der Waals surface area contributed by atoms with Gasteiger partial charge in [0.15, 0.2) is 5.79 Å². The van der Waals surface area contributed by atoms with Gasteiger partial charge in [-0.2, -0.15) is 0 Å². The minimum Gasteiger partial charge on any atom is -0.392 e. The lowest BCUT2D eigenvalue weighted by Gasteiger charge is -2.39. The smallest absolute Gasteiger partial charge is 0.169 e. The molecule has 1 saturated heterocycles. The maximum Gasteiger partial charge on any atom is 0.169 e. The van der Waals surface area contributed by atoms with Crippen LogP contribution in [0.15, 0.2) is 30.3 Å². The van der Waals surface area contributed by atoms with E-state index in [1.165, 1.54) is 5.56 Å². The van der Waals surface area contributed by atoms with Crippen LogP contribution in [0, 0.1) is 0 Å². The van der Waals surface area contributed by atoms with Crippen molar-refractivity contribution in [1.29, 1.82) is 0 Å². The van der Waals surface area contributed by atoms with E-state index in [2.05, 4.69) is 12.1 Å². The van der Waals surface area contributed by atoms with E-state index in [1.807, 2.05) is 18.2 Å². The second-order valence-corrected chi connectivity index (χ2v) is 4.93. The zero-order valence-electron chi connectivity index (χ0n) is 9.84. The van der Waals surface area contributed by atoms with Crippen molar-refractivity contribution in [2.45, 2.75) is 37.1 Å². The Bertz CT molecular complexity index is 370. The molecule has 1 heterocycles. The van der Waals surface area contributed by atoms with E-state index in [0.29, 0.717) is 13.2 Å². The van der Waals surface area contributed by atoms with Crippen molar-refractivity contribution in [3.8, 4) is 0 Å². The summed E-state index contributed by atoms with van der Waals surface area (Å²) in [5.74, 6) is -0.303. The molecule has 0 unspecified atom stereocenters. The molecule has 92 valence electrons. The Morgan fingerprint density at radius 3 is 2.53 bits per heavy atom. The van der Waals surface area contributed by atoms with Gasteiger partial charge in [-0.25, -0.2) is 0 Å². The van der Waals surface area contributed by atoms with Crippen LogP contribution >= 0.6 is 0 Å². The van der Waals surface area contributed by atoms with Crippen molar-refractivity contribution in [1.82, 2.24) is 0 Å². The summed E-state index contributed by atoms with van der Waals surface area (Å²) in [6.07, 6.45) is 2.03. The molecule has 2 fully saturated rings. The average Bonchev–Trinajstić information content (AvgIpc) is 2.82. The number of benzene rings is 1. The highest BCUT2D eigenvalue weighted by atomic mass is 16.7. The van der Waals surface area contributed by atoms with Crippen LogP contribution in [-0.4, -0.2) is 30.2 Å². The highest BCUT2D eigenvalue weighted by molar-refractivity contribution is 5.22. The minimum atomic E-state index is -0.431. The molecule has 3 heteroatoms. The standard InChI is InChI=1S/C14H18O3/c15-13-6-7-14(16-8-9-17-14)10-12(13)11-4-2-1-3-5-11/h1-5,12-13,15H,6-10H2/t12-,13-/m0/s1. The van der Waals surface area contributed by atoms with Crippen LogP contribution < -0.4 is 0 Å². The summed E-state index contributed by atoms with van der Waals surface area (Å²) in [7, 11) is 0. The predicted molar refractivity (Wildman–Crippen MR) is 63.7 cm³/mol. The lowest BCUT2D eigenvalue weighted by molar-refractivity contribution is -0.193. The third-order valence-electron chi connectivity index (χ3n) is 3.86. The molecule has 1 saturated carbocycles. The third kappa shape index (κ3) is 2.10. The van der Waals surface area contributed by atoms with Gasteiger partial charge in [-0.3, -0.25) is 0 Å². The average molecular weight is 234 g/mol. The Labute approximate surface area is 101 Å². The molecule has 2 aliphatic rings. The topological polar surface area (TPSA) is 38.7 Å². The van der Waals surface area contributed by atoms with Crippen LogP contribution in [0.4, 0.5) is 0 Å². The van der Waals surface area contributed by atoms with Crippen LogP contribution in [0.25, 0.3) is 0 Å². The number of aliphatic hydroxyl groups excluding tert-OH is 1. The summed E-state index contributed by atoms with van der Waals surface area (Å²) in [6, 6.07) is 10.2. The maximum atomic E-state index is 10.2. The van der Waals surface area contributed by atoms with E-state index in [-0.39, 0.29) is 12.0 Å². The molecule has 1 N–H and O–H groups in total. The van der Waals surface area contributed by atoms with Gasteiger partial charge in [0.05, 0.1) is 19.3 Å². The first-order valence-corrected chi connectivity index (χ1v) is 6.30.